The standard InChI is InChI=1S/C17H18ClN3O3/c1-11-13(4-9-24-11)16(22)20-15-10-12(18)2-3-14(15)17(23)21-7-5-19-6-8-21/h2-4,9-10,19H,5-8H2,1H3,(H,20,22). The Morgan fingerprint density at radius 3 is 2.62 bits per heavy atom. The Bertz CT molecular complexity index is 766. The molecule has 1 aliphatic rings. The van der Waals surface area contributed by atoms with Crippen LogP contribution in [0.1, 0.15) is 26.5 Å². The predicted octanol–water partition coefficient (Wildman–Crippen LogP) is 2.54. The van der Waals surface area contributed by atoms with E-state index in [0.29, 0.717) is 40.7 Å². The van der Waals surface area contributed by atoms with Crippen LogP contribution in [0, 0.1) is 6.92 Å². The number of carbonyl (C=O) groups excluding carboxylic acids is 2. The molecule has 2 heterocycles. The number of rotatable bonds is 3. The molecule has 1 saturated heterocycles. The van der Waals surface area contributed by atoms with E-state index in [4.69, 9.17) is 16.0 Å². The zero-order chi connectivity index (χ0) is 17.1. The molecule has 0 aliphatic carbocycles. The van der Waals surface area contributed by atoms with Gasteiger partial charge in [0, 0.05) is 31.2 Å². The SMILES string of the molecule is Cc1occc1C(=O)Nc1cc(Cl)ccc1C(=O)N1CCNCC1. The highest BCUT2D eigenvalue weighted by Crippen LogP contribution is 2.24. The van der Waals surface area contributed by atoms with Crippen LogP contribution in [0.3, 0.4) is 0 Å². The highest BCUT2D eigenvalue weighted by molar-refractivity contribution is 6.31. The molecule has 6 nitrogen and oxygen atoms in total. The van der Waals surface area contributed by atoms with Crippen molar-refractivity contribution in [3.8, 4) is 0 Å². The minimum Gasteiger partial charge on any atom is -0.469 e. The van der Waals surface area contributed by atoms with Gasteiger partial charge in [-0.1, -0.05) is 11.6 Å². The van der Waals surface area contributed by atoms with E-state index < -0.39 is 0 Å². The van der Waals surface area contributed by atoms with Gasteiger partial charge in [0.1, 0.15) is 5.76 Å². The van der Waals surface area contributed by atoms with E-state index in [1.165, 1.54) is 6.26 Å². The van der Waals surface area contributed by atoms with Crippen molar-refractivity contribution in [2.75, 3.05) is 31.5 Å². The van der Waals surface area contributed by atoms with Crippen molar-refractivity contribution < 1.29 is 14.0 Å². The fourth-order valence-electron chi connectivity index (χ4n) is 2.65. The summed E-state index contributed by atoms with van der Waals surface area (Å²) in [5, 5.41) is 6.42. The van der Waals surface area contributed by atoms with Gasteiger partial charge in [0.25, 0.3) is 11.8 Å². The van der Waals surface area contributed by atoms with Gasteiger partial charge < -0.3 is 20.0 Å². The second-order valence-electron chi connectivity index (χ2n) is 5.58. The summed E-state index contributed by atoms with van der Waals surface area (Å²) in [4.78, 5) is 26.9. The Morgan fingerprint density at radius 1 is 1.21 bits per heavy atom. The summed E-state index contributed by atoms with van der Waals surface area (Å²) in [7, 11) is 0. The first-order chi connectivity index (χ1) is 11.6. The van der Waals surface area contributed by atoms with Gasteiger partial charge in [0.15, 0.2) is 0 Å². The molecule has 0 bridgehead atoms. The van der Waals surface area contributed by atoms with Crippen LogP contribution >= 0.6 is 11.6 Å². The summed E-state index contributed by atoms with van der Waals surface area (Å²) in [6, 6.07) is 6.47. The molecule has 0 radical (unpaired) electrons. The second-order valence-corrected chi connectivity index (χ2v) is 6.01. The van der Waals surface area contributed by atoms with Gasteiger partial charge in [-0.2, -0.15) is 0 Å². The summed E-state index contributed by atoms with van der Waals surface area (Å²) < 4.78 is 5.15. The number of carbonyl (C=O) groups is 2. The van der Waals surface area contributed by atoms with Crippen molar-refractivity contribution in [2.45, 2.75) is 6.92 Å². The lowest BCUT2D eigenvalue weighted by Gasteiger charge is -2.28. The first-order valence-corrected chi connectivity index (χ1v) is 8.09. The Labute approximate surface area is 144 Å². The monoisotopic (exact) mass is 347 g/mol. The zero-order valence-corrected chi connectivity index (χ0v) is 14.0. The van der Waals surface area contributed by atoms with E-state index in [2.05, 4.69) is 10.6 Å². The molecule has 0 saturated carbocycles. The molecule has 1 aromatic heterocycles. The number of aryl methyl sites for hydroxylation is 1. The smallest absolute Gasteiger partial charge is 0.259 e. The quantitative estimate of drug-likeness (QED) is 0.894. The first-order valence-electron chi connectivity index (χ1n) is 7.71. The summed E-state index contributed by atoms with van der Waals surface area (Å²) in [5.74, 6) is 0.0646. The van der Waals surface area contributed by atoms with Gasteiger partial charge in [0.2, 0.25) is 0 Å². The molecule has 2 aromatic rings. The topological polar surface area (TPSA) is 74.6 Å². The molecule has 3 rings (SSSR count). The van der Waals surface area contributed by atoms with E-state index in [1.807, 2.05) is 0 Å². The Kier molecular flexibility index (Phi) is 4.87. The minimum absolute atomic E-state index is 0.118. The van der Waals surface area contributed by atoms with Gasteiger partial charge in [-0.25, -0.2) is 0 Å². The van der Waals surface area contributed by atoms with Gasteiger partial charge in [-0.05, 0) is 31.2 Å². The molecule has 2 amide bonds. The van der Waals surface area contributed by atoms with Crippen molar-refractivity contribution in [3.63, 3.8) is 0 Å². The number of benzene rings is 1. The van der Waals surface area contributed by atoms with Crippen molar-refractivity contribution in [3.05, 3.63) is 52.4 Å². The number of anilines is 1. The fourth-order valence-corrected chi connectivity index (χ4v) is 2.83. The van der Waals surface area contributed by atoms with Crippen molar-refractivity contribution in [1.82, 2.24) is 10.2 Å². The maximum Gasteiger partial charge on any atom is 0.259 e. The van der Waals surface area contributed by atoms with E-state index >= 15 is 0 Å². The number of hydrogen-bond acceptors (Lipinski definition) is 4. The highest BCUT2D eigenvalue weighted by atomic mass is 35.5. The van der Waals surface area contributed by atoms with Gasteiger partial charge >= 0.3 is 0 Å². The van der Waals surface area contributed by atoms with E-state index in [9.17, 15) is 9.59 Å². The molecule has 7 heteroatoms. The molecule has 24 heavy (non-hydrogen) atoms. The molecular formula is C17H18ClN3O3. The van der Waals surface area contributed by atoms with Crippen LogP contribution in [0.15, 0.2) is 34.9 Å². The third kappa shape index (κ3) is 3.44. The third-order valence-corrected chi connectivity index (χ3v) is 4.20. The van der Waals surface area contributed by atoms with E-state index in [-0.39, 0.29) is 11.8 Å². The fraction of sp³-hybridized carbons (Fsp3) is 0.294. The molecule has 1 aliphatic heterocycles. The number of nitrogens with one attached hydrogen (secondary N) is 2. The van der Waals surface area contributed by atoms with Crippen LogP contribution in [0.5, 0.6) is 0 Å². The van der Waals surface area contributed by atoms with Crippen molar-refractivity contribution >= 4 is 29.1 Å². The summed E-state index contributed by atoms with van der Waals surface area (Å²) in [6.45, 7) is 4.50. The molecule has 126 valence electrons. The first kappa shape index (κ1) is 16.5. The average Bonchev–Trinajstić information content (AvgIpc) is 3.01. The number of amides is 2. The van der Waals surface area contributed by atoms with Gasteiger partial charge in [-0.15, -0.1) is 0 Å². The van der Waals surface area contributed by atoms with Gasteiger partial charge in [0.05, 0.1) is 23.1 Å². The summed E-state index contributed by atoms with van der Waals surface area (Å²) in [5.41, 5.74) is 1.25. The lowest BCUT2D eigenvalue weighted by atomic mass is 10.1. The number of furan rings is 1. The molecule has 0 unspecified atom stereocenters. The van der Waals surface area contributed by atoms with Crippen molar-refractivity contribution in [1.29, 1.82) is 0 Å². The van der Waals surface area contributed by atoms with Crippen LogP contribution in [0.4, 0.5) is 5.69 Å². The van der Waals surface area contributed by atoms with Crippen LogP contribution in [0.2, 0.25) is 5.02 Å². The molecule has 0 spiro atoms. The maximum absolute atomic E-state index is 12.8. The second kappa shape index (κ2) is 7.07. The summed E-state index contributed by atoms with van der Waals surface area (Å²) >= 11 is 6.04. The number of hydrogen-bond donors (Lipinski definition) is 2. The largest absolute Gasteiger partial charge is 0.469 e. The maximum atomic E-state index is 12.8. The van der Waals surface area contributed by atoms with Crippen LogP contribution in [-0.2, 0) is 0 Å². The molecule has 2 N–H and O–H groups in total. The summed E-state index contributed by atoms with van der Waals surface area (Å²) in [6.07, 6.45) is 1.45. The zero-order valence-electron chi connectivity index (χ0n) is 13.3. The van der Waals surface area contributed by atoms with E-state index in [1.54, 1.807) is 36.1 Å². The molecule has 1 aromatic carbocycles. The average molecular weight is 348 g/mol. The minimum atomic E-state index is -0.335. The van der Waals surface area contributed by atoms with Crippen molar-refractivity contribution in [2.24, 2.45) is 0 Å². The van der Waals surface area contributed by atoms with Crippen LogP contribution < -0.4 is 10.6 Å². The predicted molar refractivity (Wildman–Crippen MR) is 91.6 cm³/mol. The lowest BCUT2D eigenvalue weighted by molar-refractivity contribution is 0.0737. The Hall–Kier alpha value is -2.31. The molecule has 0 atom stereocenters. The number of halogens is 1. The molecular weight excluding hydrogens is 330 g/mol. The molecule has 1 fully saturated rings. The third-order valence-electron chi connectivity index (χ3n) is 3.97. The number of piperazine rings is 1. The lowest BCUT2D eigenvalue weighted by Crippen LogP contribution is -2.46. The normalized spacial score (nSPS) is 14.5. The van der Waals surface area contributed by atoms with Gasteiger partial charge in [-0.3, -0.25) is 9.59 Å². The Balaban J connectivity index is 1.87. The Morgan fingerprint density at radius 2 is 1.96 bits per heavy atom. The van der Waals surface area contributed by atoms with Crippen LogP contribution in [-0.4, -0.2) is 42.9 Å². The highest BCUT2D eigenvalue weighted by Gasteiger charge is 2.22. The van der Waals surface area contributed by atoms with E-state index in [0.717, 1.165) is 13.1 Å². The number of nitrogens with zero attached hydrogens (tertiary/aromatic N) is 1. The van der Waals surface area contributed by atoms with Crippen LogP contribution in [0.25, 0.3) is 0 Å².